The van der Waals surface area contributed by atoms with E-state index in [1.54, 1.807) is 11.8 Å². The van der Waals surface area contributed by atoms with Crippen molar-refractivity contribution in [2.75, 3.05) is 13.1 Å². The fourth-order valence-electron chi connectivity index (χ4n) is 5.74. The van der Waals surface area contributed by atoms with Gasteiger partial charge in [-0.1, -0.05) is 36.4 Å². The van der Waals surface area contributed by atoms with Crippen LogP contribution >= 0.6 is 11.8 Å². The van der Waals surface area contributed by atoms with Crippen LogP contribution in [-0.2, 0) is 4.79 Å². The largest absolute Gasteiger partial charge is 0.339 e. The molecule has 2 aliphatic carbocycles. The lowest BCUT2D eigenvalue weighted by molar-refractivity contribution is -0.122. The van der Waals surface area contributed by atoms with E-state index in [1.165, 1.54) is 25.7 Å². The van der Waals surface area contributed by atoms with Crippen molar-refractivity contribution in [3.05, 3.63) is 35.9 Å². The number of hydrogen-bond acceptors (Lipinski definition) is 4. The molecule has 0 radical (unpaired) electrons. The molecule has 29 heavy (non-hydrogen) atoms. The van der Waals surface area contributed by atoms with Crippen LogP contribution in [0.5, 0.6) is 0 Å². The average molecular weight is 412 g/mol. The minimum Gasteiger partial charge on any atom is -0.339 e. The lowest BCUT2D eigenvalue weighted by Crippen LogP contribution is -2.47. The van der Waals surface area contributed by atoms with Gasteiger partial charge in [0, 0.05) is 18.7 Å². The third kappa shape index (κ3) is 3.49. The highest BCUT2D eigenvalue weighted by atomic mass is 32.2. The van der Waals surface area contributed by atoms with Crippen LogP contribution in [0.1, 0.15) is 55.8 Å². The molecule has 0 aromatic heterocycles. The molecule has 4 atom stereocenters. The maximum Gasteiger partial charge on any atom is 0.253 e. The zero-order chi connectivity index (χ0) is 20.0. The van der Waals surface area contributed by atoms with Crippen LogP contribution in [0.2, 0.25) is 0 Å². The van der Waals surface area contributed by atoms with E-state index in [9.17, 15) is 9.59 Å². The summed E-state index contributed by atoms with van der Waals surface area (Å²) < 4.78 is -0.474. The fraction of sp³-hybridized carbons (Fsp3) is 0.609. The number of carbonyl (C=O) groups excluding carboxylic acids is 2. The first-order valence-corrected chi connectivity index (χ1v) is 11.8. The van der Waals surface area contributed by atoms with Crippen LogP contribution in [0.4, 0.5) is 0 Å². The van der Waals surface area contributed by atoms with E-state index in [-0.39, 0.29) is 17.7 Å². The Kier molecular flexibility index (Phi) is 4.93. The molecule has 6 heteroatoms. The highest BCUT2D eigenvalue weighted by Crippen LogP contribution is 2.48. The second-order valence-corrected chi connectivity index (χ2v) is 10.7. The van der Waals surface area contributed by atoms with Crippen molar-refractivity contribution in [2.45, 2.75) is 56.2 Å². The van der Waals surface area contributed by atoms with Crippen molar-refractivity contribution in [3.8, 4) is 0 Å². The summed E-state index contributed by atoms with van der Waals surface area (Å²) in [5, 5.41) is 3.91. The molecule has 2 heterocycles. The maximum absolute atomic E-state index is 12.9. The van der Waals surface area contributed by atoms with Gasteiger partial charge in [0.1, 0.15) is 4.75 Å². The van der Waals surface area contributed by atoms with Crippen molar-refractivity contribution >= 4 is 28.7 Å². The second kappa shape index (κ2) is 7.46. The predicted molar refractivity (Wildman–Crippen MR) is 116 cm³/mol. The Morgan fingerprint density at radius 2 is 1.90 bits per heavy atom. The molecule has 5 nitrogen and oxygen atoms in total. The van der Waals surface area contributed by atoms with E-state index in [0.717, 1.165) is 35.4 Å². The van der Waals surface area contributed by atoms with Gasteiger partial charge in [0.2, 0.25) is 5.91 Å². The van der Waals surface area contributed by atoms with Gasteiger partial charge in [-0.3, -0.25) is 14.6 Å². The van der Waals surface area contributed by atoms with Gasteiger partial charge >= 0.3 is 0 Å². The molecule has 5 rings (SSSR count). The van der Waals surface area contributed by atoms with Crippen LogP contribution < -0.4 is 5.32 Å². The number of carbonyl (C=O) groups is 2. The lowest BCUT2D eigenvalue weighted by atomic mass is 9.84. The Labute approximate surface area is 176 Å². The number of piperidine rings is 1. The van der Waals surface area contributed by atoms with Gasteiger partial charge in [-0.25, -0.2) is 0 Å². The van der Waals surface area contributed by atoms with Gasteiger partial charge in [-0.15, -0.1) is 0 Å². The second-order valence-electron chi connectivity index (χ2n) is 9.27. The molecule has 1 unspecified atom stereocenters. The minimum atomic E-state index is -0.474. The van der Waals surface area contributed by atoms with Crippen LogP contribution in [0.15, 0.2) is 35.3 Å². The highest BCUT2D eigenvalue weighted by molar-refractivity contribution is 8.16. The Hall–Kier alpha value is -1.82. The quantitative estimate of drug-likeness (QED) is 0.825. The first-order chi connectivity index (χ1) is 14.0. The third-order valence-corrected chi connectivity index (χ3v) is 8.89. The number of likely N-dealkylation sites (tertiary alicyclic amines) is 1. The number of amides is 2. The van der Waals surface area contributed by atoms with Gasteiger partial charge in [0.25, 0.3) is 5.91 Å². The summed E-state index contributed by atoms with van der Waals surface area (Å²) in [6.07, 6.45) is 6.90. The summed E-state index contributed by atoms with van der Waals surface area (Å²) >= 11 is 1.63. The van der Waals surface area contributed by atoms with Gasteiger partial charge < -0.3 is 10.2 Å². The average Bonchev–Trinajstić information content (AvgIpc) is 3.44. The van der Waals surface area contributed by atoms with E-state index in [2.05, 4.69) is 12.2 Å². The first kappa shape index (κ1) is 19.2. The van der Waals surface area contributed by atoms with Crippen LogP contribution in [0.3, 0.4) is 0 Å². The van der Waals surface area contributed by atoms with Gasteiger partial charge in [0.15, 0.2) is 5.17 Å². The predicted octanol–water partition coefficient (Wildman–Crippen LogP) is 3.71. The summed E-state index contributed by atoms with van der Waals surface area (Å²) in [5.74, 6) is 2.03. The molecule has 2 aliphatic heterocycles. The molecule has 4 aliphatic rings. The fourth-order valence-corrected chi connectivity index (χ4v) is 7.02. The molecule has 2 saturated carbocycles. The maximum atomic E-state index is 12.9. The minimum absolute atomic E-state index is 0.0938. The smallest absolute Gasteiger partial charge is 0.253 e. The highest BCUT2D eigenvalue weighted by Gasteiger charge is 2.50. The van der Waals surface area contributed by atoms with Crippen molar-refractivity contribution in [1.29, 1.82) is 0 Å². The number of fused-ring (bicyclic) bond motifs is 2. The normalized spacial score (nSPS) is 36.0. The lowest BCUT2D eigenvalue weighted by Gasteiger charge is -2.38. The number of thioether (sulfide) groups is 1. The molecule has 154 valence electrons. The molecular formula is C23H29N3O2S. The number of rotatable bonds is 3. The zero-order valence-corrected chi connectivity index (χ0v) is 17.8. The molecule has 2 bridgehead atoms. The monoisotopic (exact) mass is 411 g/mol. The van der Waals surface area contributed by atoms with E-state index in [4.69, 9.17) is 4.99 Å². The summed E-state index contributed by atoms with van der Waals surface area (Å²) in [5.41, 5.74) is 0.741. The van der Waals surface area contributed by atoms with Crippen LogP contribution in [-0.4, -0.2) is 45.8 Å². The van der Waals surface area contributed by atoms with Crippen molar-refractivity contribution in [3.63, 3.8) is 0 Å². The SMILES string of the molecule is CC1(C2CCN(C(=O)c3ccccc3)CC2)SC(=N[C@H]2C[C@@H]3CC[C@H]2C3)NC1=O. The van der Waals surface area contributed by atoms with Crippen molar-refractivity contribution in [2.24, 2.45) is 22.7 Å². The van der Waals surface area contributed by atoms with Gasteiger partial charge in [-0.05, 0) is 68.9 Å². The number of benzene rings is 1. The zero-order valence-electron chi connectivity index (χ0n) is 17.0. The van der Waals surface area contributed by atoms with Crippen molar-refractivity contribution < 1.29 is 9.59 Å². The number of amidine groups is 1. The Morgan fingerprint density at radius 1 is 1.14 bits per heavy atom. The molecular weight excluding hydrogens is 382 g/mol. The molecule has 2 saturated heterocycles. The number of aliphatic imine (C=N–C) groups is 1. The number of nitrogens with one attached hydrogen (secondary N) is 1. The third-order valence-electron chi connectivity index (χ3n) is 7.55. The van der Waals surface area contributed by atoms with E-state index < -0.39 is 4.75 Å². The molecule has 1 aromatic carbocycles. The molecule has 2 amide bonds. The Bertz CT molecular complexity index is 834. The Morgan fingerprint density at radius 3 is 2.55 bits per heavy atom. The van der Waals surface area contributed by atoms with Gasteiger partial charge in [0.05, 0.1) is 6.04 Å². The van der Waals surface area contributed by atoms with Crippen molar-refractivity contribution in [1.82, 2.24) is 10.2 Å². The summed E-state index contributed by atoms with van der Waals surface area (Å²) in [7, 11) is 0. The summed E-state index contributed by atoms with van der Waals surface area (Å²) in [6.45, 7) is 3.48. The van der Waals surface area contributed by atoms with E-state index in [0.29, 0.717) is 19.1 Å². The number of hydrogen-bond donors (Lipinski definition) is 1. The molecule has 1 aromatic rings. The summed E-state index contributed by atoms with van der Waals surface area (Å²) in [4.78, 5) is 32.5. The molecule has 4 fully saturated rings. The Balaban J connectivity index is 1.22. The van der Waals surface area contributed by atoms with Crippen LogP contribution in [0, 0.1) is 17.8 Å². The van der Waals surface area contributed by atoms with Crippen LogP contribution in [0.25, 0.3) is 0 Å². The van der Waals surface area contributed by atoms with Gasteiger partial charge in [-0.2, -0.15) is 0 Å². The first-order valence-electron chi connectivity index (χ1n) is 11.0. The topological polar surface area (TPSA) is 61.8 Å². The number of nitrogens with zero attached hydrogens (tertiary/aromatic N) is 2. The molecule has 0 spiro atoms. The van der Waals surface area contributed by atoms with E-state index in [1.807, 2.05) is 35.2 Å². The molecule has 1 N–H and O–H groups in total. The standard InChI is InChI=1S/C23H29N3O2S/c1-23(18-9-11-26(12-10-18)20(27)16-5-3-2-4-6-16)21(28)25-22(29-23)24-19-14-15-7-8-17(19)13-15/h2-6,15,17-19H,7-14H2,1H3,(H,24,25,28)/t15-,17+,19+,23?/m1/s1. The summed E-state index contributed by atoms with van der Waals surface area (Å²) in [6, 6.07) is 9.87. The van der Waals surface area contributed by atoms with E-state index >= 15 is 0 Å².